The number of methoxy groups -OCH3 is 1. The van der Waals surface area contributed by atoms with Gasteiger partial charge in [0.05, 0.1) is 31.6 Å². The van der Waals surface area contributed by atoms with Gasteiger partial charge in [-0.25, -0.2) is 9.50 Å². The summed E-state index contributed by atoms with van der Waals surface area (Å²) < 4.78 is 49.1. The van der Waals surface area contributed by atoms with Gasteiger partial charge in [-0.2, -0.15) is 18.3 Å². The predicted molar refractivity (Wildman–Crippen MR) is 165 cm³/mol. The first-order valence-corrected chi connectivity index (χ1v) is 15.2. The Morgan fingerprint density at radius 2 is 1.82 bits per heavy atom. The summed E-state index contributed by atoms with van der Waals surface area (Å²) in [7, 11) is 1.51. The van der Waals surface area contributed by atoms with Gasteiger partial charge in [-0.05, 0) is 68.7 Å². The Morgan fingerprint density at radius 1 is 1.09 bits per heavy atom. The van der Waals surface area contributed by atoms with E-state index in [9.17, 15) is 23.1 Å². The first kappa shape index (κ1) is 30.8. The Hall–Kier alpha value is -4.16. The zero-order chi connectivity index (χ0) is 31.9. The van der Waals surface area contributed by atoms with Crippen LogP contribution in [-0.2, 0) is 6.18 Å². The molecule has 0 bridgehead atoms. The first-order valence-electron chi connectivity index (χ1n) is 15.2. The molecule has 2 atom stereocenters. The highest BCUT2D eigenvalue weighted by atomic mass is 19.4. The number of alkyl halides is 3. The fraction of sp³-hybridized carbons (Fsp3) is 0.424. The minimum Gasteiger partial charge on any atom is -0.497 e. The Labute approximate surface area is 259 Å². The lowest BCUT2D eigenvalue weighted by Gasteiger charge is -2.43. The normalized spacial score (nSPS) is 18.5. The molecule has 4 heterocycles. The molecule has 4 aromatic rings. The topological polar surface area (TPSA) is 86.4 Å². The van der Waals surface area contributed by atoms with Crippen molar-refractivity contribution in [3.8, 4) is 17.0 Å². The van der Waals surface area contributed by atoms with Gasteiger partial charge >= 0.3 is 6.18 Å². The van der Waals surface area contributed by atoms with Crippen molar-refractivity contribution >= 4 is 17.2 Å². The summed E-state index contributed by atoms with van der Waals surface area (Å²) in [5, 5.41) is 14.4. The molecule has 238 valence electrons. The molecule has 2 fully saturated rings. The molecular formula is C33H37F3N6O3. The van der Waals surface area contributed by atoms with Crippen molar-refractivity contribution in [2.24, 2.45) is 0 Å². The third-order valence-electron chi connectivity index (χ3n) is 9.01. The van der Waals surface area contributed by atoms with Crippen LogP contribution in [0.15, 0.2) is 54.7 Å². The van der Waals surface area contributed by atoms with Crippen molar-refractivity contribution in [1.29, 1.82) is 0 Å². The number of amides is 1. The number of anilines is 1. The third kappa shape index (κ3) is 5.84. The highest BCUT2D eigenvalue weighted by Crippen LogP contribution is 2.37. The fourth-order valence-electron chi connectivity index (χ4n) is 6.65. The second-order valence-electron chi connectivity index (χ2n) is 11.8. The van der Waals surface area contributed by atoms with Gasteiger partial charge in [0.15, 0.2) is 11.3 Å². The quantitative estimate of drug-likeness (QED) is 0.303. The molecule has 6 rings (SSSR count). The van der Waals surface area contributed by atoms with Crippen LogP contribution in [0.4, 0.5) is 18.9 Å². The number of carbonyl (C=O) groups excluding carboxylic acids is 1. The van der Waals surface area contributed by atoms with E-state index in [1.807, 2.05) is 19.1 Å². The van der Waals surface area contributed by atoms with E-state index in [2.05, 4.69) is 32.0 Å². The van der Waals surface area contributed by atoms with E-state index in [4.69, 9.17) is 4.74 Å². The molecule has 0 saturated carbocycles. The highest BCUT2D eigenvalue weighted by molar-refractivity contribution is 6.00. The van der Waals surface area contributed by atoms with Gasteiger partial charge < -0.3 is 19.6 Å². The van der Waals surface area contributed by atoms with Gasteiger partial charge in [-0.3, -0.25) is 9.69 Å². The standard InChI is InChI=1S/C33H37F3N6O3/c1-21-19-40(28(20-43)24-7-6-8-25(17-24)39-13-4-5-14-39)15-16-41(21)32(44)27-18-37-42-30(33(34,35)36)22(2)29(38-31(27)42)23-9-11-26(45-3)12-10-23/h6-12,17-18,21,28,43H,4-5,13-16,19-20H2,1-3H3/t21-,28?/m1/s1. The van der Waals surface area contributed by atoms with Crippen molar-refractivity contribution in [2.75, 3.05) is 51.3 Å². The molecule has 12 heteroatoms. The summed E-state index contributed by atoms with van der Waals surface area (Å²) in [5.74, 6) is 0.128. The van der Waals surface area contributed by atoms with Crippen LogP contribution in [0.2, 0.25) is 0 Å². The average molecular weight is 623 g/mol. The van der Waals surface area contributed by atoms with Crippen LogP contribution in [0, 0.1) is 6.92 Å². The van der Waals surface area contributed by atoms with Crippen LogP contribution in [0.3, 0.4) is 0 Å². The SMILES string of the molecule is COc1ccc(-c2nc3c(C(=O)N4CCN(C(CO)c5cccc(N6CCCC6)c5)C[C@H]4C)cnn3c(C(F)(F)F)c2C)cc1. The second kappa shape index (κ2) is 12.3. The van der Waals surface area contributed by atoms with Crippen LogP contribution in [0.5, 0.6) is 5.75 Å². The molecule has 1 unspecified atom stereocenters. The molecule has 2 aliphatic rings. The van der Waals surface area contributed by atoms with E-state index in [0.717, 1.165) is 28.9 Å². The molecule has 9 nitrogen and oxygen atoms in total. The van der Waals surface area contributed by atoms with Crippen molar-refractivity contribution in [2.45, 2.75) is 44.9 Å². The van der Waals surface area contributed by atoms with Crippen LogP contribution < -0.4 is 9.64 Å². The highest BCUT2D eigenvalue weighted by Gasteiger charge is 2.40. The Kier molecular flexibility index (Phi) is 8.45. The largest absolute Gasteiger partial charge is 0.497 e. The fourth-order valence-corrected chi connectivity index (χ4v) is 6.65. The molecule has 0 aliphatic carbocycles. The van der Waals surface area contributed by atoms with Gasteiger partial charge in [0.1, 0.15) is 11.3 Å². The molecule has 2 aliphatic heterocycles. The van der Waals surface area contributed by atoms with Crippen molar-refractivity contribution in [1.82, 2.24) is 24.4 Å². The lowest BCUT2D eigenvalue weighted by molar-refractivity contribution is -0.143. The third-order valence-corrected chi connectivity index (χ3v) is 9.01. The van der Waals surface area contributed by atoms with Crippen LogP contribution in [0.25, 0.3) is 16.9 Å². The maximum Gasteiger partial charge on any atom is 0.433 e. The number of carbonyl (C=O) groups is 1. The number of nitrogens with zero attached hydrogens (tertiary/aromatic N) is 6. The van der Waals surface area contributed by atoms with Gasteiger partial charge in [0.25, 0.3) is 5.91 Å². The minimum atomic E-state index is -4.73. The molecule has 1 amide bonds. The lowest BCUT2D eigenvalue weighted by atomic mass is 10.0. The van der Waals surface area contributed by atoms with E-state index >= 15 is 0 Å². The molecule has 1 N–H and O–H groups in total. The van der Waals surface area contributed by atoms with Crippen molar-refractivity contribution < 1.29 is 27.8 Å². The van der Waals surface area contributed by atoms with Crippen LogP contribution >= 0.6 is 0 Å². The van der Waals surface area contributed by atoms with Gasteiger partial charge in [0, 0.05) is 55.6 Å². The average Bonchev–Trinajstić information content (AvgIpc) is 3.71. The number of rotatable bonds is 7. The Balaban J connectivity index is 1.28. The molecular weight excluding hydrogens is 585 g/mol. The van der Waals surface area contributed by atoms with Crippen molar-refractivity contribution in [3.63, 3.8) is 0 Å². The maximum atomic E-state index is 14.4. The van der Waals surface area contributed by atoms with Crippen LogP contribution in [-0.4, -0.2) is 87.9 Å². The zero-order valence-corrected chi connectivity index (χ0v) is 25.6. The van der Waals surface area contributed by atoms with Gasteiger partial charge in [-0.1, -0.05) is 12.1 Å². The predicted octanol–water partition coefficient (Wildman–Crippen LogP) is 5.21. The number of benzene rings is 2. The Morgan fingerprint density at radius 3 is 2.47 bits per heavy atom. The smallest absolute Gasteiger partial charge is 0.433 e. The van der Waals surface area contributed by atoms with Gasteiger partial charge in [0.2, 0.25) is 0 Å². The number of ether oxygens (including phenoxy) is 1. The van der Waals surface area contributed by atoms with Crippen LogP contribution in [0.1, 0.15) is 53.0 Å². The number of aliphatic hydroxyl groups excluding tert-OH is 1. The number of piperazine rings is 1. The monoisotopic (exact) mass is 622 g/mol. The number of aromatic nitrogens is 3. The summed E-state index contributed by atoms with van der Waals surface area (Å²) in [6, 6.07) is 14.3. The summed E-state index contributed by atoms with van der Waals surface area (Å²) >= 11 is 0. The number of fused-ring (bicyclic) bond motifs is 1. The number of aliphatic hydroxyl groups is 1. The molecule has 45 heavy (non-hydrogen) atoms. The minimum absolute atomic E-state index is 0.00702. The molecule has 2 aromatic carbocycles. The van der Waals surface area contributed by atoms with E-state index in [1.54, 1.807) is 29.2 Å². The molecule has 2 saturated heterocycles. The Bertz CT molecular complexity index is 1680. The number of hydrogen-bond donors (Lipinski definition) is 1. The molecule has 0 spiro atoms. The van der Waals surface area contributed by atoms with Crippen molar-refractivity contribution in [3.05, 3.63) is 77.1 Å². The number of halogens is 3. The first-order chi connectivity index (χ1) is 21.6. The summed E-state index contributed by atoms with van der Waals surface area (Å²) in [5.41, 5.74) is 1.54. The van der Waals surface area contributed by atoms with E-state index in [1.165, 1.54) is 33.1 Å². The van der Waals surface area contributed by atoms with E-state index < -0.39 is 17.8 Å². The maximum absolute atomic E-state index is 14.4. The van der Waals surface area contributed by atoms with E-state index in [-0.39, 0.29) is 41.2 Å². The second-order valence-corrected chi connectivity index (χ2v) is 11.8. The van der Waals surface area contributed by atoms with E-state index in [0.29, 0.717) is 30.9 Å². The number of hydrogen-bond acceptors (Lipinski definition) is 7. The van der Waals surface area contributed by atoms with Gasteiger partial charge in [-0.15, -0.1) is 0 Å². The molecule has 2 aromatic heterocycles. The summed E-state index contributed by atoms with van der Waals surface area (Å²) in [6.07, 6.45) is -1.22. The summed E-state index contributed by atoms with van der Waals surface area (Å²) in [6.45, 7) is 6.56. The zero-order valence-electron chi connectivity index (χ0n) is 25.6. The summed E-state index contributed by atoms with van der Waals surface area (Å²) in [4.78, 5) is 24.7. The lowest BCUT2D eigenvalue weighted by Crippen LogP contribution is -2.55. The molecule has 0 radical (unpaired) electrons.